The molecule has 0 radical (unpaired) electrons. The number of rotatable bonds is 4. The smallest absolute Gasteiger partial charge is 0.103 e. The number of nitrogens with two attached hydrogens (primary N) is 1. The molecule has 7 nitrogen and oxygen atoms in total. The van der Waals surface area contributed by atoms with Gasteiger partial charge in [-0.15, -0.1) is 0 Å². The molecule has 8 heteroatoms. The summed E-state index contributed by atoms with van der Waals surface area (Å²) in [6.07, 6.45) is 10.5. The molecular formula is C26H27N7S. The number of fused-ring (bicyclic) bond motifs is 3. The lowest BCUT2D eigenvalue weighted by molar-refractivity contribution is 0.130. The summed E-state index contributed by atoms with van der Waals surface area (Å²) in [5.41, 5.74) is 11.6. The molecule has 34 heavy (non-hydrogen) atoms. The van der Waals surface area contributed by atoms with Crippen molar-refractivity contribution in [3.8, 4) is 17.2 Å². The highest BCUT2D eigenvalue weighted by Gasteiger charge is 2.39. The molecule has 6 rings (SSSR count). The lowest BCUT2D eigenvalue weighted by Gasteiger charge is -2.36. The number of nitriles is 1. The van der Waals surface area contributed by atoms with Crippen molar-refractivity contribution in [3.05, 3.63) is 60.2 Å². The molecule has 0 amide bonds. The van der Waals surface area contributed by atoms with Gasteiger partial charge in [0.25, 0.3) is 0 Å². The van der Waals surface area contributed by atoms with Crippen molar-refractivity contribution in [2.75, 3.05) is 12.8 Å². The molecule has 3 atom stereocenters. The van der Waals surface area contributed by atoms with Gasteiger partial charge >= 0.3 is 0 Å². The first-order valence-electron chi connectivity index (χ1n) is 11.7. The van der Waals surface area contributed by atoms with Crippen molar-refractivity contribution < 1.29 is 0 Å². The molecule has 5 heterocycles. The van der Waals surface area contributed by atoms with Gasteiger partial charge in [0.15, 0.2) is 0 Å². The van der Waals surface area contributed by atoms with E-state index in [0.29, 0.717) is 23.7 Å². The van der Waals surface area contributed by atoms with Crippen LogP contribution in [0, 0.1) is 18.3 Å². The minimum Gasteiger partial charge on any atom is -0.398 e. The van der Waals surface area contributed by atoms with Gasteiger partial charge in [0.2, 0.25) is 0 Å². The predicted molar refractivity (Wildman–Crippen MR) is 134 cm³/mol. The van der Waals surface area contributed by atoms with Gasteiger partial charge in [-0.1, -0.05) is 23.9 Å². The molecule has 4 aromatic rings. The van der Waals surface area contributed by atoms with Crippen molar-refractivity contribution in [3.63, 3.8) is 0 Å². The highest BCUT2D eigenvalue weighted by Crippen LogP contribution is 2.42. The molecule has 0 unspecified atom stereocenters. The number of piperidine rings is 1. The molecule has 3 aromatic heterocycles. The molecule has 0 saturated carbocycles. The number of benzene rings is 1. The summed E-state index contributed by atoms with van der Waals surface area (Å²) >= 11 is 1.57. The van der Waals surface area contributed by atoms with Crippen LogP contribution in [-0.2, 0) is 0 Å². The van der Waals surface area contributed by atoms with Gasteiger partial charge in [-0.25, -0.2) is 4.52 Å². The van der Waals surface area contributed by atoms with E-state index in [1.165, 1.54) is 18.5 Å². The third-order valence-electron chi connectivity index (χ3n) is 7.61. The Morgan fingerprint density at radius 1 is 1.06 bits per heavy atom. The van der Waals surface area contributed by atoms with E-state index in [1.54, 1.807) is 18.0 Å². The zero-order valence-electron chi connectivity index (χ0n) is 19.3. The van der Waals surface area contributed by atoms with Gasteiger partial charge in [-0.2, -0.15) is 15.5 Å². The third-order valence-corrected chi connectivity index (χ3v) is 8.73. The summed E-state index contributed by atoms with van der Waals surface area (Å²) in [5, 5.41) is 19.0. The first-order chi connectivity index (χ1) is 16.5. The predicted octanol–water partition coefficient (Wildman–Crippen LogP) is 4.91. The molecule has 172 valence electrons. The summed E-state index contributed by atoms with van der Waals surface area (Å²) in [7, 11) is 2.27. The van der Waals surface area contributed by atoms with Crippen LogP contribution >= 0.6 is 11.8 Å². The maximum absolute atomic E-state index is 9.66. The summed E-state index contributed by atoms with van der Waals surface area (Å²) in [5.74, 6) is 0. The van der Waals surface area contributed by atoms with Crippen LogP contribution in [0.2, 0.25) is 0 Å². The van der Waals surface area contributed by atoms with E-state index in [1.807, 2.05) is 41.2 Å². The van der Waals surface area contributed by atoms with Crippen LogP contribution in [-0.4, -0.2) is 43.4 Å². The van der Waals surface area contributed by atoms with E-state index < -0.39 is 0 Å². The monoisotopic (exact) mass is 469 g/mol. The van der Waals surface area contributed by atoms with Crippen LogP contribution in [0.3, 0.4) is 0 Å². The fourth-order valence-electron chi connectivity index (χ4n) is 5.74. The largest absolute Gasteiger partial charge is 0.398 e. The number of pyridine rings is 1. The summed E-state index contributed by atoms with van der Waals surface area (Å²) in [6, 6.07) is 14.0. The number of aromatic nitrogens is 4. The van der Waals surface area contributed by atoms with Crippen LogP contribution in [0.15, 0.2) is 58.7 Å². The van der Waals surface area contributed by atoms with Crippen molar-refractivity contribution in [1.82, 2.24) is 24.3 Å². The van der Waals surface area contributed by atoms with Crippen molar-refractivity contribution in [2.24, 2.45) is 0 Å². The van der Waals surface area contributed by atoms with E-state index in [2.05, 4.69) is 40.8 Å². The number of hydrogen-bond donors (Lipinski definition) is 1. The Labute approximate surface area is 203 Å². The highest BCUT2D eigenvalue weighted by molar-refractivity contribution is 7.99. The van der Waals surface area contributed by atoms with Crippen LogP contribution < -0.4 is 5.73 Å². The van der Waals surface area contributed by atoms with Gasteiger partial charge in [0.1, 0.15) is 6.07 Å². The maximum Gasteiger partial charge on any atom is 0.103 e. The Morgan fingerprint density at radius 2 is 1.82 bits per heavy atom. The minimum absolute atomic E-state index is 0.444. The third kappa shape index (κ3) is 3.39. The molecule has 0 spiro atoms. The summed E-state index contributed by atoms with van der Waals surface area (Å²) in [6.45, 7) is 2.17. The van der Waals surface area contributed by atoms with Gasteiger partial charge < -0.3 is 10.6 Å². The van der Waals surface area contributed by atoms with Gasteiger partial charge in [0, 0.05) is 50.6 Å². The number of nitrogens with zero attached hydrogens (tertiary/aromatic N) is 6. The molecule has 0 aliphatic carbocycles. The number of nitrogen functional groups attached to an aromatic ring is 1. The summed E-state index contributed by atoms with van der Waals surface area (Å²) < 4.78 is 4.05. The zero-order valence-corrected chi connectivity index (χ0v) is 20.2. The Balaban J connectivity index is 1.41. The standard InChI is InChI=1S/C26H27N7S/c1-16-22(14-30-33(16)21-10-19-7-8-20(11-21)31(19)2)17-9-25(34-24-6-4-3-5-23(24)28)26-18(12-27)13-29-32(26)15-17/h3-6,9,13-15,19-21H,7-8,10-11,28H2,1-2H3/t19-,20+,21-. The van der Waals surface area contributed by atoms with Crippen LogP contribution in [0.5, 0.6) is 0 Å². The highest BCUT2D eigenvalue weighted by atomic mass is 32.2. The first-order valence-corrected chi connectivity index (χ1v) is 12.6. The SMILES string of the molecule is Cc1c(-c2cc(Sc3ccccc3N)c3c(C#N)cnn3c2)cnn1[C@@H]1C[C@H]2CC[C@@H](C1)N2C. The van der Waals surface area contributed by atoms with E-state index >= 15 is 0 Å². The topological polar surface area (TPSA) is 88.2 Å². The second-order valence-corrected chi connectivity index (χ2v) is 10.5. The van der Waals surface area contributed by atoms with Crippen LogP contribution in [0.1, 0.15) is 43.0 Å². The number of para-hydroxylation sites is 1. The molecule has 2 N–H and O–H groups in total. The second-order valence-electron chi connectivity index (χ2n) is 9.46. The van der Waals surface area contributed by atoms with E-state index in [9.17, 15) is 5.26 Å². The Hall–Kier alpha value is -3.28. The van der Waals surface area contributed by atoms with E-state index in [-0.39, 0.29) is 0 Å². The van der Waals surface area contributed by atoms with E-state index in [4.69, 9.17) is 10.8 Å². The molecule has 2 fully saturated rings. The lowest BCUT2D eigenvalue weighted by Crippen LogP contribution is -2.40. The van der Waals surface area contributed by atoms with Crippen molar-refractivity contribution >= 4 is 23.0 Å². The summed E-state index contributed by atoms with van der Waals surface area (Å²) in [4.78, 5) is 4.47. The number of hydrogen-bond acceptors (Lipinski definition) is 6. The van der Waals surface area contributed by atoms with E-state index in [0.717, 1.165) is 45.0 Å². The lowest BCUT2D eigenvalue weighted by atomic mass is 9.97. The number of anilines is 1. The quantitative estimate of drug-likeness (QED) is 0.427. The average Bonchev–Trinajstić information content (AvgIpc) is 3.47. The molecule has 2 aliphatic heterocycles. The Kier molecular flexibility index (Phi) is 5.12. The van der Waals surface area contributed by atoms with Gasteiger partial charge in [0.05, 0.1) is 29.5 Å². The molecule has 2 saturated heterocycles. The molecule has 2 bridgehead atoms. The molecular weight excluding hydrogens is 442 g/mol. The van der Waals surface area contributed by atoms with Gasteiger partial charge in [-0.05, 0) is 57.9 Å². The maximum atomic E-state index is 9.66. The van der Waals surface area contributed by atoms with Gasteiger partial charge in [-0.3, -0.25) is 4.68 Å². The Bertz CT molecular complexity index is 1410. The Morgan fingerprint density at radius 3 is 2.56 bits per heavy atom. The molecule has 1 aromatic carbocycles. The first kappa shape index (κ1) is 21.3. The fourth-order valence-corrected chi connectivity index (χ4v) is 6.80. The average molecular weight is 470 g/mol. The minimum atomic E-state index is 0.444. The zero-order chi connectivity index (χ0) is 23.4. The van der Waals surface area contributed by atoms with Crippen molar-refractivity contribution in [1.29, 1.82) is 5.26 Å². The van der Waals surface area contributed by atoms with Crippen molar-refractivity contribution in [2.45, 2.75) is 60.5 Å². The molecule has 2 aliphatic rings. The second kappa shape index (κ2) is 8.19. The fraction of sp³-hybridized carbons (Fsp3) is 0.346. The van der Waals surface area contributed by atoms with Crippen LogP contribution in [0.25, 0.3) is 16.6 Å². The normalized spacial score (nSPS) is 22.3. The van der Waals surface area contributed by atoms with Crippen LogP contribution in [0.4, 0.5) is 5.69 Å².